The van der Waals surface area contributed by atoms with Crippen molar-refractivity contribution in [3.8, 4) is 0 Å². The van der Waals surface area contributed by atoms with Crippen molar-refractivity contribution in [2.45, 2.75) is 45.1 Å². The standard InChI is InChI=1S/C15H23NO2/c1-12-9-16(10-13-7-5-4-6-8-13)11-14(18-12)15(2,3)17/h4-8,12,14,17H,9-11H2,1-3H3/t12-,14-/m1/s1. The fraction of sp³-hybridized carbons (Fsp3) is 0.600. The zero-order valence-corrected chi connectivity index (χ0v) is 11.5. The van der Waals surface area contributed by atoms with Crippen LogP contribution in [0.15, 0.2) is 30.3 Å². The van der Waals surface area contributed by atoms with Crippen molar-refractivity contribution in [3.05, 3.63) is 35.9 Å². The Balaban J connectivity index is 2.01. The molecule has 0 bridgehead atoms. The Bertz CT molecular complexity index is 372. The third-order valence-electron chi connectivity index (χ3n) is 3.37. The summed E-state index contributed by atoms with van der Waals surface area (Å²) in [6, 6.07) is 10.4. The fourth-order valence-corrected chi connectivity index (χ4v) is 2.40. The van der Waals surface area contributed by atoms with Crippen LogP contribution in [0.3, 0.4) is 0 Å². The van der Waals surface area contributed by atoms with Crippen LogP contribution in [0.5, 0.6) is 0 Å². The number of ether oxygens (including phenoxy) is 1. The molecule has 0 unspecified atom stereocenters. The molecule has 2 atom stereocenters. The fourth-order valence-electron chi connectivity index (χ4n) is 2.40. The first kappa shape index (κ1) is 13.5. The summed E-state index contributed by atoms with van der Waals surface area (Å²) in [5.41, 5.74) is 0.518. The van der Waals surface area contributed by atoms with Gasteiger partial charge in [0.2, 0.25) is 0 Å². The van der Waals surface area contributed by atoms with Crippen LogP contribution in [0.2, 0.25) is 0 Å². The molecule has 18 heavy (non-hydrogen) atoms. The Hall–Kier alpha value is -0.900. The Morgan fingerprint density at radius 2 is 1.94 bits per heavy atom. The number of hydrogen-bond acceptors (Lipinski definition) is 3. The first-order chi connectivity index (χ1) is 8.45. The molecule has 1 aliphatic rings. The second-order valence-corrected chi connectivity index (χ2v) is 5.77. The maximum atomic E-state index is 10.1. The minimum atomic E-state index is -0.788. The van der Waals surface area contributed by atoms with Gasteiger partial charge in [0, 0.05) is 19.6 Å². The highest BCUT2D eigenvalue weighted by Crippen LogP contribution is 2.22. The lowest BCUT2D eigenvalue weighted by molar-refractivity contribution is -0.157. The van der Waals surface area contributed by atoms with Crippen LogP contribution >= 0.6 is 0 Å². The van der Waals surface area contributed by atoms with Gasteiger partial charge in [0.05, 0.1) is 17.8 Å². The van der Waals surface area contributed by atoms with Crippen molar-refractivity contribution in [1.29, 1.82) is 0 Å². The third kappa shape index (κ3) is 3.55. The topological polar surface area (TPSA) is 32.7 Å². The molecule has 1 saturated heterocycles. The van der Waals surface area contributed by atoms with E-state index in [1.807, 2.05) is 19.9 Å². The molecule has 0 aliphatic carbocycles. The summed E-state index contributed by atoms with van der Waals surface area (Å²) < 4.78 is 5.83. The molecule has 3 nitrogen and oxygen atoms in total. The predicted molar refractivity (Wildman–Crippen MR) is 72.4 cm³/mol. The molecule has 0 aromatic heterocycles. The summed E-state index contributed by atoms with van der Waals surface area (Å²) in [5, 5.41) is 10.1. The smallest absolute Gasteiger partial charge is 0.0987 e. The van der Waals surface area contributed by atoms with Crippen molar-refractivity contribution in [3.63, 3.8) is 0 Å². The molecule has 1 aromatic rings. The van der Waals surface area contributed by atoms with Crippen LogP contribution in [0, 0.1) is 0 Å². The van der Waals surface area contributed by atoms with E-state index < -0.39 is 5.60 Å². The van der Waals surface area contributed by atoms with E-state index in [1.165, 1.54) is 5.56 Å². The van der Waals surface area contributed by atoms with Crippen molar-refractivity contribution >= 4 is 0 Å². The number of rotatable bonds is 3. The highest BCUT2D eigenvalue weighted by atomic mass is 16.5. The molecule has 100 valence electrons. The van der Waals surface area contributed by atoms with Gasteiger partial charge in [-0.2, -0.15) is 0 Å². The number of benzene rings is 1. The van der Waals surface area contributed by atoms with Crippen LogP contribution in [-0.4, -0.2) is 40.9 Å². The molecule has 0 amide bonds. The van der Waals surface area contributed by atoms with Crippen LogP contribution in [-0.2, 0) is 11.3 Å². The average molecular weight is 249 g/mol. The Morgan fingerprint density at radius 3 is 2.56 bits per heavy atom. The average Bonchev–Trinajstić information content (AvgIpc) is 2.28. The highest BCUT2D eigenvalue weighted by molar-refractivity contribution is 5.14. The van der Waals surface area contributed by atoms with Gasteiger partial charge in [-0.15, -0.1) is 0 Å². The SMILES string of the molecule is C[C@@H]1CN(Cc2ccccc2)C[C@H](C(C)(C)O)O1. The molecule has 2 rings (SSSR count). The van der Waals surface area contributed by atoms with Gasteiger partial charge in [0.15, 0.2) is 0 Å². The third-order valence-corrected chi connectivity index (χ3v) is 3.37. The first-order valence-corrected chi connectivity index (χ1v) is 6.59. The van der Waals surface area contributed by atoms with Gasteiger partial charge >= 0.3 is 0 Å². The van der Waals surface area contributed by atoms with E-state index >= 15 is 0 Å². The number of aliphatic hydroxyl groups is 1. The molecule has 1 aliphatic heterocycles. The van der Waals surface area contributed by atoms with Crippen molar-refractivity contribution in [1.82, 2.24) is 4.90 Å². The number of nitrogens with zero attached hydrogens (tertiary/aromatic N) is 1. The largest absolute Gasteiger partial charge is 0.388 e. The number of morpholine rings is 1. The van der Waals surface area contributed by atoms with Gasteiger partial charge in [0.25, 0.3) is 0 Å². The van der Waals surface area contributed by atoms with E-state index in [0.717, 1.165) is 19.6 Å². The predicted octanol–water partition coefficient (Wildman–Crippen LogP) is 2.05. The molecule has 0 spiro atoms. The summed E-state index contributed by atoms with van der Waals surface area (Å²) in [4.78, 5) is 2.35. The van der Waals surface area contributed by atoms with Crippen molar-refractivity contribution in [2.75, 3.05) is 13.1 Å². The molecular formula is C15H23NO2. The number of hydrogen-bond donors (Lipinski definition) is 1. The highest BCUT2D eigenvalue weighted by Gasteiger charge is 2.34. The summed E-state index contributed by atoms with van der Waals surface area (Å²) in [7, 11) is 0. The maximum absolute atomic E-state index is 10.1. The first-order valence-electron chi connectivity index (χ1n) is 6.59. The Kier molecular flexibility index (Phi) is 4.05. The summed E-state index contributed by atoms with van der Waals surface area (Å²) in [6.07, 6.45) is 0.0452. The second-order valence-electron chi connectivity index (χ2n) is 5.77. The van der Waals surface area contributed by atoms with Gasteiger partial charge in [-0.25, -0.2) is 0 Å². The quantitative estimate of drug-likeness (QED) is 0.890. The van der Waals surface area contributed by atoms with Gasteiger partial charge in [-0.3, -0.25) is 4.90 Å². The minimum absolute atomic E-state index is 0.120. The van der Waals surface area contributed by atoms with E-state index in [4.69, 9.17) is 4.74 Å². The van der Waals surface area contributed by atoms with Crippen LogP contribution in [0.25, 0.3) is 0 Å². The van der Waals surface area contributed by atoms with Gasteiger partial charge in [-0.1, -0.05) is 30.3 Å². The minimum Gasteiger partial charge on any atom is -0.388 e. The van der Waals surface area contributed by atoms with Gasteiger partial charge < -0.3 is 9.84 Å². The summed E-state index contributed by atoms with van der Waals surface area (Å²) >= 11 is 0. The zero-order valence-electron chi connectivity index (χ0n) is 11.5. The Labute approximate surface area is 109 Å². The van der Waals surface area contributed by atoms with E-state index in [2.05, 4.69) is 36.1 Å². The molecule has 0 radical (unpaired) electrons. The molecule has 1 heterocycles. The van der Waals surface area contributed by atoms with Crippen molar-refractivity contribution in [2.24, 2.45) is 0 Å². The van der Waals surface area contributed by atoms with Crippen LogP contribution in [0.1, 0.15) is 26.3 Å². The maximum Gasteiger partial charge on any atom is 0.0987 e. The molecular weight excluding hydrogens is 226 g/mol. The van der Waals surface area contributed by atoms with E-state index in [-0.39, 0.29) is 12.2 Å². The Morgan fingerprint density at radius 1 is 1.28 bits per heavy atom. The van der Waals surface area contributed by atoms with Crippen LogP contribution < -0.4 is 0 Å². The molecule has 1 N–H and O–H groups in total. The van der Waals surface area contributed by atoms with Gasteiger partial charge in [0.1, 0.15) is 0 Å². The summed E-state index contributed by atoms with van der Waals surface area (Å²) in [6.45, 7) is 8.31. The van der Waals surface area contributed by atoms with Crippen LogP contribution in [0.4, 0.5) is 0 Å². The summed E-state index contributed by atoms with van der Waals surface area (Å²) in [5.74, 6) is 0. The van der Waals surface area contributed by atoms with E-state index in [0.29, 0.717) is 0 Å². The zero-order chi connectivity index (χ0) is 13.2. The normalized spacial score (nSPS) is 26.2. The van der Waals surface area contributed by atoms with Crippen molar-refractivity contribution < 1.29 is 9.84 Å². The van der Waals surface area contributed by atoms with Gasteiger partial charge in [-0.05, 0) is 26.3 Å². The lowest BCUT2D eigenvalue weighted by Crippen LogP contribution is -2.54. The van der Waals surface area contributed by atoms with E-state index in [1.54, 1.807) is 0 Å². The second kappa shape index (κ2) is 5.39. The lowest BCUT2D eigenvalue weighted by Gasteiger charge is -2.41. The molecule has 0 saturated carbocycles. The lowest BCUT2D eigenvalue weighted by atomic mass is 9.99. The molecule has 3 heteroatoms. The molecule has 1 aromatic carbocycles. The van der Waals surface area contributed by atoms with E-state index in [9.17, 15) is 5.11 Å². The molecule has 1 fully saturated rings. The monoisotopic (exact) mass is 249 g/mol.